The Bertz CT molecular complexity index is 254. The highest BCUT2D eigenvalue weighted by Gasteiger charge is 1.87. The lowest BCUT2D eigenvalue weighted by Crippen LogP contribution is -2.22. The maximum atomic E-state index is 4.07. The van der Waals surface area contributed by atoms with Gasteiger partial charge >= 0.3 is 0 Å². The maximum absolute atomic E-state index is 4.07. The third-order valence-corrected chi connectivity index (χ3v) is 1.54. The van der Waals surface area contributed by atoms with Gasteiger partial charge in [0.25, 0.3) is 0 Å². The van der Waals surface area contributed by atoms with Crippen LogP contribution in [0.15, 0.2) is 24.7 Å². The second-order valence-corrected chi connectivity index (χ2v) is 3.10. The zero-order valence-corrected chi connectivity index (χ0v) is 8.07. The molecule has 1 aromatic rings. The average Bonchev–Trinajstić information content (AvgIpc) is 2.14. The predicted molar refractivity (Wildman–Crippen MR) is 54.2 cm³/mol. The molecule has 0 spiro atoms. The highest BCUT2D eigenvalue weighted by molar-refractivity contribution is 5.43. The topological polar surface area (TPSA) is 37.8 Å². The van der Waals surface area contributed by atoms with Crippen molar-refractivity contribution in [3.63, 3.8) is 0 Å². The van der Waals surface area contributed by atoms with Gasteiger partial charge in [-0.2, -0.15) is 0 Å². The number of rotatable bonds is 4. The van der Waals surface area contributed by atoms with Gasteiger partial charge in [0, 0.05) is 18.8 Å². The van der Waals surface area contributed by atoms with Crippen molar-refractivity contribution in [3.05, 3.63) is 30.4 Å². The number of hydrogen-bond acceptors (Lipinski definition) is 3. The number of aromatic nitrogens is 2. The molecule has 1 heterocycles. The molecule has 0 radical (unpaired) electrons. The Labute approximate surface area is 78.9 Å². The van der Waals surface area contributed by atoms with E-state index in [-0.39, 0.29) is 0 Å². The Hall–Kier alpha value is -1.22. The van der Waals surface area contributed by atoms with Gasteiger partial charge in [0.2, 0.25) is 0 Å². The first kappa shape index (κ1) is 9.86. The van der Waals surface area contributed by atoms with Gasteiger partial charge in [0.1, 0.15) is 6.33 Å². The van der Waals surface area contributed by atoms with Gasteiger partial charge < -0.3 is 5.32 Å². The summed E-state index contributed by atoms with van der Waals surface area (Å²) in [5.74, 6) is 0. The van der Waals surface area contributed by atoms with Crippen molar-refractivity contribution in [2.24, 2.45) is 0 Å². The second-order valence-electron chi connectivity index (χ2n) is 3.10. The molecular formula is C10H15N3. The molecule has 0 saturated carbocycles. The van der Waals surface area contributed by atoms with Crippen molar-refractivity contribution in [1.82, 2.24) is 15.3 Å². The van der Waals surface area contributed by atoms with Crippen LogP contribution in [0.3, 0.4) is 0 Å². The summed E-state index contributed by atoms with van der Waals surface area (Å²) in [5.41, 5.74) is 0.945. The first-order chi connectivity index (χ1) is 6.29. The molecule has 0 aliphatic heterocycles. The fourth-order valence-electron chi connectivity index (χ4n) is 0.883. The summed E-state index contributed by atoms with van der Waals surface area (Å²) in [6, 6.07) is 2.40. The summed E-state index contributed by atoms with van der Waals surface area (Å²) >= 11 is 0. The fourth-order valence-corrected chi connectivity index (χ4v) is 0.883. The summed E-state index contributed by atoms with van der Waals surface area (Å²) in [6.07, 6.45) is 7.33. The molecule has 1 N–H and O–H groups in total. The molecule has 0 unspecified atom stereocenters. The molecule has 0 saturated heterocycles. The van der Waals surface area contributed by atoms with Crippen molar-refractivity contribution in [3.8, 4) is 0 Å². The Kier molecular flexibility index (Phi) is 4.12. The van der Waals surface area contributed by atoms with E-state index in [0.717, 1.165) is 12.2 Å². The molecule has 0 aromatic carbocycles. The van der Waals surface area contributed by atoms with E-state index in [0.29, 0.717) is 6.04 Å². The highest BCUT2D eigenvalue weighted by Crippen LogP contribution is 1.93. The Morgan fingerprint density at radius 1 is 1.54 bits per heavy atom. The van der Waals surface area contributed by atoms with Crippen LogP contribution in [0.1, 0.15) is 19.5 Å². The molecule has 0 atom stereocenters. The third-order valence-electron chi connectivity index (χ3n) is 1.54. The zero-order valence-electron chi connectivity index (χ0n) is 8.07. The van der Waals surface area contributed by atoms with E-state index >= 15 is 0 Å². The summed E-state index contributed by atoms with van der Waals surface area (Å²) in [6.45, 7) is 5.12. The number of nitrogens with one attached hydrogen (secondary N) is 1. The molecule has 70 valence electrons. The van der Waals surface area contributed by atoms with Crippen molar-refractivity contribution in [2.75, 3.05) is 6.54 Å². The summed E-state index contributed by atoms with van der Waals surface area (Å²) in [7, 11) is 0. The standard InChI is InChI=1S/C10H15N3/c1-9(2)12-6-3-4-10-5-7-11-8-13-10/h3-5,7-9,12H,6H2,1-2H3. The van der Waals surface area contributed by atoms with E-state index in [2.05, 4.69) is 35.2 Å². The molecule has 1 aromatic heterocycles. The molecule has 0 aliphatic rings. The molecule has 0 aliphatic carbocycles. The van der Waals surface area contributed by atoms with Gasteiger partial charge in [-0.3, -0.25) is 0 Å². The van der Waals surface area contributed by atoms with Crippen LogP contribution < -0.4 is 5.32 Å². The van der Waals surface area contributed by atoms with Gasteiger partial charge in [-0.25, -0.2) is 9.97 Å². The first-order valence-electron chi connectivity index (χ1n) is 4.45. The van der Waals surface area contributed by atoms with E-state index in [1.165, 1.54) is 0 Å². The van der Waals surface area contributed by atoms with Crippen LogP contribution in [-0.2, 0) is 0 Å². The van der Waals surface area contributed by atoms with E-state index in [1.807, 2.05) is 12.1 Å². The largest absolute Gasteiger partial charge is 0.311 e. The van der Waals surface area contributed by atoms with E-state index in [9.17, 15) is 0 Å². The van der Waals surface area contributed by atoms with Crippen molar-refractivity contribution in [2.45, 2.75) is 19.9 Å². The van der Waals surface area contributed by atoms with Crippen LogP contribution in [0, 0.1) is 0 Å². The minimum absolute atomic E-state index is 0.523. The SMILES string of the molecule is CC(C)NCC=Cc1ccncn1. The Balaban J connectivity index is 2.33. The van der Waals surface area contributed by atoms with Crippen LogP contribution in [0.5, 0.6) is 0 Å². The number of hydrogen-bond donors (Lipinski definition) is 1. The van der Waals surface area contributed by atoms with Gasteiger partial charge in [-0.05, 0) is 12.1 Å². The van der Waals surface area contributed by atoms with Gasteiger partial charge in [-0.1, -0.05) is 19.9 Å². The van der Waals surface area contributed by atoms with Crippen LogP contribution in [-0.4, -0.2) is 22.6 Å². The van der Waals surface area contributed by atoms with Crippen LogP contribution in [0.2, 0.25) is 0 Å². The van der Waals surface area contributed by atoms with Crippen molar-refractivity contribution >= 4 is 6.08 Å². The minimum atomic E-state index is 0.523. The normalized spacial score (nSPS) is 11.3. The zero-order chi connectivity index (χ0) is 9.52. The number of nitrogens with zero attached hydrogens (tertiary/aromatic N) is 2. The molecule has 0 fully saturated rings. The van der Waals surface area contributed by atoms with Crippen molar-refractivity contribution < 1.29 is 0 Å². The molecule has 1 rings (SSSR count). The fraction of sp³-hybridized carbons (Fsp3) is 0.400. The minimum Gasteiger partial charge on any atom is -0.311 e. The third kappa shape index (κ3) is 4.38. The molecule has 0 amide bonds. The first-order valence-corrected chi connectivity index (χ1v) is 4.45. The summed E-state index contributed by atoms with van der Waals surface area (Å²) < 4.78 is 0. The lowest BCUT2D eigenvalue weighted by atomic mass is 10.3. The smallest absolute Gasteiger partial charge is 0.115 e. The highest BCUT2D eigenvalue weighted by atomic mass is 14.9. The summed E-state index contributed by atoms with van der Waals surface area (Å²) in [5, 5.41) is 3.29. The van der Waals surface area contributed by atoms with Crippen LogP contribution in [0.25, 0.3) is 6.08 Å². The monoisotopic (exact) mass is 177 g/mol. The Morgan fingerprint density at radius 2 is 2.38 bits per heavy atom. The van der Waals surface area contributed by atoms with Crippen molar-refractivity contribution in [1.29, 1.82) is 0 Å². The van der Waals surface area contributed by atoms with E-state index in [4.69, 9.17) is 0 Å². The maximum Gasteiger partial charge on any atom is 0.115 e. The average molecular weight is 177 g/mol. The van der Waals surface area contributed by atoms with Crippen LogP contribution >= 0.6 is 0 Å². The van der Waals surface area contributed by atoms with Gasteiger partial charge in [0.05, 0.1) is 5.69 Å². The summed E-state index contributed by atoms with van der Waals surface area (Å²) in [4.78, 5) is 7.91. The molecular weight excluding hydrogens is 162 g/mol. The quantitative estimate of drug-likeness (QED) is 0.757. The molecule has 3 nitrogen and oxygen atoms in total. The van der Waals surface area contributed by atoms with E-state index < -0.39 is 0 Å². The molecule has 13 heavy (non-hydrogen) atoms. The lowest BCUT2D eigenvalue weighted by molar-refractivity contribution is 0.633. The van der Waals surface area contributed by atoms with Gasteiger partial charge in [-0.15, -0.1) is 0 Å². The predicted octanol–water partition coefficient (Wildman–Crippen LogP) is 1.49. The molecule has 3 heteroatoms. The lowest BCUT2D eigenvalue weighted by Gasteiger charge is -2.02. The van der Waals surface area contributed by atoms with E-state index in [1.54, 1.807) is 12.5 Å². The second kappa shape index (κ2) is 5.43. The Morgan fingerprint density at radius 3 is 3.00 bits per heavy atom. The van der Waals surface area contributed by atoms with Gasteiger partial charge in [0.15, 0.2) is 0 Å². The van der Waals surface area contributed by atoms with Crippen LogP contribution in [0.4, 0.5) is 0 Å². The molecule has 0 bridgehead atoms.